The molecule has 0 saturated carbocycles. The van der Waals surface area contributed by atoms with E-state index in [1.807, 2.05) is 13.0 Å². The number of fused-ring (bicyclic) bond motifs is 1. The van der Waals surface area contributed by atoms with Crippen molar-refractivity contribution in [2.75, 3.05) is 18.2 Å². The molecule has 0 aromatic heterocycles. The fourth-order valence-corrected chi connectivity index (χ4v) is 3.62. The van der Waals surface area contributed by atoms with Crippen LogP contribution in [0.3, 0.4) is 0 Å². The molecule has 0 aliphatic carbocycles. The van der Waals surface area contributed by atoms with E-state index in [2.05, 4.69) is 10.6 Å². The molecule has 0 radical (unpaired) electrons. The van der Waals surface area contributed by atoms with Crippen LogP contribution in [0.4, 0.5) is 5.69 Å². The molecule has 7 nitrogen and oxygen atoms in total. The lowest BCUT2D eigenvalue weighted by Crippen LogP contribution is -2.28. The van der Waals surface area contributed by atoms with Crippen LogP contribution in [0.1, 0.15) is 34.5 Å². The Kier molecular flexibility index (Phi) is 5.18. The Hall–Kier alpha value is -2.87. The predicted octanol–water partition coefficient (Wildman–Crippen LogP) is 2.05. The van der Waals surface area contributed by atoms with Gasteiger partial charge >= 0.3 is 0 Å². The number of nitrogens with one attached hydrogen (secondary N) is 2. The van der Waals surface area contributed by atoms with Crippen LogP contribution in [-0.4, -0.2) is 33.1 Å². The highest BCUT2D eigenvalue weighted by molar-refractivity contribution is 7.89. The normalized spacial score (nSPS) is 14.5. The molecule has 1 aliphatic rings. The summed E-state index contributed by atoms with van der Waals surface area (Å²) in [5.41, 5.74) is 2.32. The Morgan fingerprint density at radius 2 is 2.04 bits per heavy atom. The molecular formula is C19H20N2O5S. The molecule has 2 N–H and O–H groups in total. The molecule has 27 heavy (non-hydrogen) atoms. The zero-order valence-electron chi connectivity index (χ0n) is 15.0. The lowest BCUT2D eigenvalue weighted by molar-refractivity contribution is -0.118. The zero-order chi connectivity index (χ0) is 19.6. The van der Waals surface area contributed by atoms with Gasteiger partial charge in [-0.1, -0.05) is 18.2 Å². The second-order valence-corrected chi connectivity index (χ2v) is 8.70. The van der Waals surface area contributed by atoms with Crippen molar-refractivity contribution in [2.45, 2.75) is 18.7 Å². The van der Waals surface area contributed by atoms with Crippen molar-refractivity contribution in [1.29, 1.82) is 0 Å². The van der Waals surface area contributed by atoms with Crippen molar-refractivity contribution in [2.24, 2.45) is 0 Å². The number of hydrogen-bond donors (Lipinski definition) is 2. The highest BCUT2D eigenvalue weighted by Crippen LogP contribution is 2.30. The third kappa shape index (κ3) is 4.85. The van der Waals surface area contributed by atoms with E-state index in [1.165, 1.54) is 0 Å². The summed E-state index contributed by atoms with van der Waals surface area (Å²) >= 11 is 0. The maximum atomic E-state index is 12.5. The number of anilines is 1. The maximum Gasteiger partial charge on any atom is 0.262 e. The molecule has 142 valence electrons. The molecule has 1 unspecified atom stereocenters. The van der Waals surface area contributed by atoms with Crippen LogP contribution in [-0.2, 0) is 20.4 Å². The molecule has 1 atom stereocenters. The van der Waals surface area contributed by atoms with Crippen molar-refractivity contribution < 1.29 is 22.7 Å². The van der Waals surface area contributed by atoms with Gasteiger partial charge in [-0.15, -0.1) is 0 Å². The summed E-state index contributed by atoms with van der Waals surface area (Å²) in [6.07, 6.45) is 1.15. The first-order chi connectivity index (χ1) is 12.7. The number of sulfone groups is 1. The summed E-state index contributed by atoms with van der Waals surface area (Å²) in [5.74, 6) is -0.0611. The van der Waals surface area contributed by atoms with Crippen LogP contribution in [0, 0.1) is 0 Å². The predicted molar refractivity (Wildman–Crippen MR) is 101 cm³/mol. The lowest BCUT2D eigenvalue weighted by atomic mass is 10.1. The molecule has 1 aliphatic heterocycles. The summed E-state index contributed by atoms with van der Waals surface area (Å²) in [5, 5.41) is 5.61. The van der Waals surface area contributed by atoms with Crippen LogP contribution in [0.15, 0.2) is 42.5 Å². The largest absolute Gasteiger partial charge is 0.482 e. The maximum absolute atomic E-state index is 12.5. The first kappa shape index (κ1) is 18.9. The van der Waals surface area contributed by atoms with Gasteiger partial charge in [-0.05, 0) is 42.3 Å². The Balaban J connectivity index is 1.73. The molecule has 0 saturated heterocycles. The zero-order valence-corrected chi connectivity index (χ0v) is 15.8. The van der Waals surface area contributed by atoms with Crippen LogP contribution >= 0.6 is 0 Å². The number of hydrogen-bond acceptors (Lipinski definition) is 5. The minimum Gasteiger partial charge on any atom is -0.482 e. The van der Waals surface area contributed by atoms with E-state index in [9.17, 15) is 18.0 Å². The minimum absolute atomic E-state index is 0.0115. The van der Waals surface area contributed by atoms with Crippen LogP contribution in [0.2, 0.25) is 0 Å². The molecule has 2 aromatic rings. The molecule has 2 aromatic carbocycles. The first-order valence-electron chi connectivity index (χ1n) is 8.35. The summed E-state index contributed by atoms with van der Waals surface area (Å²) in [6.45, 7) is 1.81. The summed E-state index contributed by atoms with van der Waals surface area (Å²) in [4.78, 5) is 24.0. The van der Waals surface area contributed by atoms with Gasteiger partial charge in [-0.25, -0.2) is 8.42 Å². The van der Waals surface area contributed by atoms with Gasteiger partial charge < -0.3 is 15.4 Å². The van der Waals surface area contributed by atoms with Crippen molar-refractivity contribution in [1.82, 2.24) is 5.32 Å². The van der Waals surface area contributed by atoms with Gasteiger partial charge in [-0.3, -0.25) is 9.59 Å². The summed E-state index contributed by atoms with van der Waals surface area (Å²) < 4.78 is 28.2. The fraction of sp³-hybridized carbons (Fsp3) is 0.263. The Morgan fingerprint density at radius 3 is 2.78 bits per heavy atom. The molecule has 3 rings (SSSR count). The highest BCUT2D eigenvalue weighted by Gasteiger charge is 2.19. The standard InChI is InChI=1S/C19H20N2O5S/c1-12(14-6-7-17-16(9-14)21-18(22)10-26-17)20-19(23)15-5-3-4-13(8-15)11-27(2,24)25/h3-9,12H,10-11H2,1-2H3,(H,20,23)(H,21,22). The van der Waals surface area contributed by atoms with E-state index in [4.69, 9.17) is 4.74 Å². The van der Waals surface area contributed by atoms with E-state index in [0.29, 0.717) is 22.6 Å². The molecule has 0 fully saturated rings. The smallest absolute Gasteiger partial charge is 0.262 e. The summed E-state index contributed by atoms with van der Waals surface area (Å²) in [7, 11) is -3.18. The third-order valence-corrected chi connectivity index (χ3v) is 4.96. The number of ether oxygens (including phenoxy) is 1. The van der Waals surface area contributed by atoms with Crippen LogP contribution < -0.4 is 15.4 Å². The van der Waals surface area contributed by atoms with Crippen molar-refractivity contribution in [3.63, 3.8) is 0 Å². The Morgan fingerprint density at radius 1 is 1.26 bits per heavy atom. The number of amides is 2. The summed E-state index contributed by atoms with van der Waals surface area (Å²) in [6, 6.07) is 11.6. The second-order valence-electron chi connectivity index (χ2n) is 6.56. The Bertz CT molecular complexity index is 1000. The van der Waals surface area contributed by atoms with Crippen molar-refractivity contribution in [3.05, 3.63) is 59.2 Å². The van der Waals surface area contributed by atoms with Gasteiger partial charge in [0.2, 0.25) is 0 Å². The molecule has 2 amide bonds. The third-order valence-electron chi connectivity index (χ3n) is 4.10. The van der Waals surface area contributed by atoms with Crippen LogP contribution in [0.5, 0.6) is 5.75 Å². The molecule has 8 heteroatoms. The van der Waals surface area contributed by atoms with Gasteiger partial charge in [0.15, 0.2) is 16.4 Å². The fourth-order valence-electron chi connectivity index (χ4n) is 2.84. The second kappa shape index (κ2) is 7.40. The van der Waals surface area contributed by atoms with Gasteiger partial charge in [0.05, 0.1) is 17.5 Å². The monoisotopic (exact) mass is 388 g/mol. The quantitative estimate of drug-likeness (QED) is 0.816. The van der Waals surface area contributed by atoms with E-state index >= 15 is 0 Å². The van der Waals surface area contributed by atoms with E-state index in [1.54, 1.807) is 36.4 Å². The van der Waals surface area contributed by atoms with E-state index in [0.717, 1.165) is 11.8 Å². The van der Waals surface area contributed by atoms with Crippen LogP contribution in [0.25, 0.3) is 0 Å². The van der Waals surface area contributed by atoms with Gasteiger partial charge in [0, 0.05) is 11.8 Å². The number of carbonyl (C=O) groups excluding carboxylic acids is 2. The first-order valence-corrected chi connectivity index (χ1v) is 10.4. The van der Waals surface area contributed by atoms with Gasteiger partial charge in [0.25, 0.3) is 11.8 Å². The SMILES string of the molecule is CC(NC(=O)c1cccc(CS(C)(=O)=O)c1)c1ccc2c(c1)NC(=O)CO2. The number of rotatable bonds is 5. The highest BCUT2D eigenvalue weighted by atomic mass is 32.2. The number of carbonyl (C=O) groups is 2. The van der Waals surface area contributed by atoms with Crippen molar-refractivity contribution in [3.8, 4) is 5.75 Å². The molecule has 0 bridgehead atoms. The Labute approximate surface area is 157 Å². The average Bonchev–Trinajstić information content (AvgIpc) is 2.59. The molecule has 1 heterocycles. The average molecular weight is 388 g/mol. The lowest BCUT2D eigenvalue weighted by Gasteiger charge is -2.21. The topological polar surface area (TPSA) is 102 Å². The molecule has 0 spiro atoms. The van der Waals surface area contributed by atoms with Gasteiger partial charge in [-0.2, -0.15) is 0 Å². The molecular weight excluding hydrogens is 368 g/mol. The van der Waals surface area contributed by atoms with Gasteiger partial charge in [0.1, 0.15) is 5.75 Å². The van der Waals surface area contributed by atoms with Crippen molar-refractivity contribution >= 4 is 27.3 Å². The van der Waals surface area contributed by atoms with E-state index in [-0.39, 0.29) is 30.2 Å². The minimum atomic E-state index is -3.18. The number of benzene rings is 2. The van der Waals surface area contributed by atoms with E-state index < -0.39 is 9.84 Å².